The van der Waals surface area contributed by atoms with Crippen LogP contribution >= 0.6 is 0 Å². The molecule has 2 heterocycles. The first-order chi connectivity index (χ1) is 9.72. The Morgan fingerprint density at radius 1 is 1.15 bits per heavy atom. The Labute approximate surface area is 113 Å². The molecule has 1 aromatic carbocycles. The van der Waals surface area contributed by atoms with Gasteiger partial charge < -0.3 is 0 Å². The Morgan fingerprint density at radius 3 is 2.55 bits per heavy atom. The van der Waals surface area contributed by atoms with Gasteiger partial charge in [-0.1, -0.05) is 30.3 Å². The Hall–Kier alpha value is -3.02. The maximum atomic E-state index is 11.3. The van der Waals surface area contributed by atoms with E-state index in [-0.39, 0.29) is 11.3 Å². The molecule has 6 nitrogen and oxygen atoms in total. The topological polar surface area (TPSA) is 77.5 Å². The second-order valence-corrected chi connectivity index (χ2v) is 4.17. The van der Waals surface area contributed by atoms with E-state index in [2.05, 4.69) is 4.98 Å². The number of benzene rings is 1. The molecule has 0 aliphatic heterocycles. The summed E-state index contributed by atoms with van der Waals surface area (Å²) in [6.07, 6.45) is 2.25. The molecule has 2 aromatic heterocycles. The second-order valence-electron chi connectivity index (χ2n) is 4.17. The lowest BCUT2D eigenvalue weighted by atomic mass is 10.1. The van der Waals surface area contributed by atoms with Crippen LogP contribution in [0.4, 0.5) is 5.69 Å². The average Bonchev–Trinajstić information content (AvgIpc) is 2.86. The van der Waals surface area contributed by atoms with E-state index in [1.54, 1.807) is 18.3 Å². The number of hydrogen-bond donors (Lipinski definition) is 0. The molecule has 0 aliphatic carbocycles. The van der Waals surface area contributed by atoms with Gasteiger partial charge in [-0.05, 0) is 6.07 Å². The van der Waals surface area contributed by atoms with Crippen molar-refractivity contribution in [3.05, 3.63) is 64.5 Å². The molecule has 0 atom stereocenters. The van der Waals surface area contributed by atoms with Gasteiger partial charge in [0.25, 0.3) is 0 Å². The molecule has 0 bridgehead atoms. The van der Waals surface area contributed by atoms with Gasteiger partial charge in [-0.3, -0.25) is 19.3 Å². The van der Waals surface area contributed by atoms with E-state index in [0.717, 1.165) is 5.56 Å². The normalized spacial score (nSPS) is 10.6. The van der Waals surface area contributed by atoms with Crippen LogP contribution in [-0.4, -0.2) is 20.6 Å². The third-order valence-corrected chi connectivity index (χ3v) is 3.02. The first-order valence-electron chi connectivity index (χ1n) is 5.88. The van der Waals surface area contributed by atoms with E-state index in [1.165, 1.54) is 16.5 Å². The lowest BCUT2D eigenvalue weighted by Gasteiger charge is -1.97. The number of carbonyl (C=O) groups excluding carboxylic acids is 1. The van der Waals surface area contributed by atoms with E-state index >= 15 is 0 Å². The van der Waals surface area contributed by atoms with Gasteiger partial charge in [0.1, 0.15) is 11.4 Å². The van der Waals surface area contributed by atoms with Crippen LogP contribution in [0.2, 0.25) is 0 Å². The van der Waals surface area contributed by atoms with Crippen molar-refractivity contribution in [2.75, 3.05) is 0 Å². The number of fused-ring (bicyclic) bond motifs is 1. The molecule has 3 rings (SSSR count). The van der Waals surface area contributed by atoms with Crippen molar-refractivity contribution in [1.82, 2.24) is 9.38 Å². The molecule has 3 aromatic rings. The van der Waals surface area contributed by atoms with Gasteiger partial charge in [-0.25, -0.2) is 4.98 Å². The predicted molar refractivity (Wildman–Crippen MR) is 72.7 cm³/mol. The standard InChI is InChI=1S/C14H9N3O3/c18-9-12-13(10-5-2-1-3-6-10)15-14-11(17(19)20)7-4-8-16(12)14/h1-9H. The summed E-state index contributed by atoms with van der Waals surface area (Å²) in [5.41, 5.74) is 1.52. The predicted octanol–water partition coefficient (Wildman–Crippen LogP) is 2.72. The van der Waals surface area contributed by atoms with Crippen LogP contribution in [0.15, 0.2) is 48.7 Å². The first kappa shape index (κ1) is 12.0. The molecule has 98 valence electrons. The summed E-state index contributed by atoms with van der Waals surface area (Å²) >= 11 is 0. The smallest absolute Gasteiger partial charge is 0.296 e. The minimum absolute atomic E-state index is 0.127. The molecule has 0 fully saturated rings. The molecule has 20 heavy (non-hydrogen) atoms. The van der Waals surface area contributed by atoms with Crippen molar-refractivity contribution >= 4 is 17.6 Å². The Balaban J connectivity index is 2.37. The Bertz CT molecular complexity index is 809. The largest absolute Gasteiger partial charge is 0.312 e. The van der Waals surface area contributed by atoms with E-state index in [9.17, 15) is 14.9 Å². The van der Waals surface area contributed by atoms with Crippen LogP contribution in [-0.2, 0) is 0 Å². The molecule has 0 spiro atoms. The number of hydrogen-bond acceptors (Lipinski definition) is 4. The number of aldehydes is 1. The van der Waals surface area contributed by atoms with Crippen LogP contribution in [0.5, 0.6) is 0 Å². The molecule has 6 heteroatoms. The summed E-state index contributed by atoms with van der Waals surface area (Å²) in [4.78, 5) is 26.1. The summed E-state index contributed by atoms with van der Waals surface area (Å²) in [6.45, 7) is 0. The van der Waals surface area contributed by atoms with Gasteiger partial charge in [0.2, 0.25) is 5.65 Å². The quantitative estimate of drug-likeness (QED) is 0.415. The fraction of sp³-hybridized carbons (Fsp3) is 0. The first-order valence-corrected chi connectivity index (χ1v) is 5.88. The molecule has 0 saturated carbocycles. The van der Waals surface area contributed by atoms with Crippen molar-refractivity contribution in [2.45, 2.75) is 0 Å². The van der Waals surface area contributed by atoms with Crippen molar-refractivity contribution in [2.24, 2.45) is 0 Å². The summed E-state index contributed by atoms with van der Waals surface area (Å²) in [5.74, 6) is 0. The summed E-state index contributed by atoms with van der Waals surface area (Å²) < 4.78 is 1.44. The van der Waals surface area contributed by atoms with Gasteiger partial charge >= 0.3 is 5.69 Å². The highest BCUT2D eigenvalue weighted by Crippen LogP contribution is 2.27. The van der Waals surface area contributed by atoms with E-state index in [0.29, 0.717) is 17.7 Å². The molecule has 0 aliphatic rings. The van der Waals surface area contributed by atoms with Crippen LogP contribution < -0.4 is 0 Å². The van der Waals surface area contributed by atoms with Gasteiger partial charge in [0.05, 0.1) is 4.92 Å². The van der Waals surface area contributed by atoms with Crippen LogP contribution in [0.1, 0.15) is 10.5 Å². The molecule has 0 radical (unpaired) electrons. The zero-order valence-corrected chi connectivity index (χ0v) is 10.3. The number of nitrogens with zero attached hydrogens (tertiary/aromatic N) is 3. The second kappa shape index (κ2) is 4.58. The van der Waals surface area contributed by atoms with Crippen molar-refractivity contribution in [3.8, 4) is 11.3 Å². The Morgan fingerprint density at radius 2 is 1.90 bits per heavy atom. The lowest BCUT2D eigenvalue weighted by Crippen LogP contribution is -1.95. The van der Waals surface area contributed by atoms with E-state index in [4.69, 9.17) is 0 Å². The van der Waals surface area contributed by atoms with Crippen molar-refractivity contribution in [3.63, 3.8) is 0 Å². The monoisotopic (exact) mass is 267 g/mol. The minimum Gasteiger partial charge on any atom is -0.296 e. The van der Waals surface area contributed by atoms with Crippen LogP contribution in [0, 0.1) is 10.1 Å². The van der Waals surface area contributed by atoms with Gasteiger partial charge in [0.15, 0.2) is 6.29 Å². The number of pyridine rings is 1. The SMILES string of the molecule is O=Cc1c(-c2ccccc2)nc2c([N+](=O)[O-])cccn12. The maximum Gasteiger partial charge on any atom is 0.312 e. The zero-order chi connectivity index (χ0) is 14.1. The number of aromatic nitrogens is 2. The average molecular weight is 267 g/mol. The highest BCUT2D eigenvalue weighted by molar-refractivity contribution is 5.87. The fourth-order valence-corrected chi connectivity index (χ4v) is 2.14. The Kier molecular flexibility index (Phi) is 2.76. The van der Waals surface area contributed by atoms with Crippen molar-refractivity contribution in [1.29, 1.82) is 0 Å². The molecule has 0 unspecified atom stereocenters. The number of imidazole rings is 1. The van der Waals surface area contributed by atoms with Gasteiger partial charge in [-0.15, -0.1) is 0 Å². The maximum absolute atomic E-state index is 11.3. The lowest BCUT2D eigenvalue weighted by molar-refractivity contribution is -0.383. The van der Waals surface area contributed by atoms with E-state index in [1.807, 2.05) is 18.2 Å². The van der Waals surface area contributed by atoms with Crippen LogP contribution in [0.25, 0.3) is 16.9 Å². The highest BCUT2D eigenvalue weighted by Gasteiger charge is 2.20. The number of carbonyl (C=O) groups is 1. The van der Waals surface area contributed by atoms with E-state index < -0.39 is 4.92 Å². The highest BCUT2D eigenvalue weighted by atomic mass is 16.6. The van der Waals surface area contributed by atoms with Crippen LogP contribution in [0.3, 0.4) is 0 Å². The number of nitro groups is 1. The minimum atomic E-state index is -0.508. The van der Waals surface area contributed by atoms with Crippen molar-refractivity contribution < 1.29 is 9.72 Å². The van der Waals surface area contributed by atoms with Gasteiger partial charge in [-0.2, -0.15) is 0 Å². The fourth-order valence-electron chi connectivity index (χ4n) is 2.14. The summed E-state index contributed by atoms with van der Waals surface area (Å²) in [6, 6.07) is 12.0. The van der Waals surface area contributed by atoms with Gasteiger partial charge in [0, 0.05) is 17.8 Å². The molecule has 0 amide bonds. The zero-order valence-electron chi connectivity index (χ0n) is 10.3. The molecular weight excluding hydrogens is 258 g/mol. The third-order valence-electron chi connectivity index (χ3n) is 3.02. The molecule has 0 saturated heterocycles. The third kappa shape index (κ3) is 1.74. The molecular formula is C14H9N3O3. The number of rotatable bonds is 3. The summed E-state index contributed by atoms with van der Waals surface area (Å²) in [7, 11) is 0. The summed E-state index contributed by atoms with van der Waals surface area (Å²) in [5, 5.41) is 11.0. The molecule has 0 N–H and O–H groups in total.